The van der Waals surface area contributed by atoms with E-state index in [2.05, 4.69) is 10.6 Å². The van der Waals surface area contributed by atoms with Crippen LogP contribution in [0.25, 0.3) is 0 Å². The largest absolute Gasteiger partial charge is 0.444 e. The van der Waals surface area contributed by atoms with Gasteiger partial charge in [-0.2, -0.15) is 0 Å². The van der Waals surface area contributed by atoms with E-state index in [9.17, 15) is 9.59 Å². The summed E-state index contributed by atoms with van der Waals surface area (Å²) in [6, 6.07) is 19.6. The van der Waals surface area contributed by atoms with Crippen molar-refractivity contribution < 1.29 is 19.1 Å². The molecule has 2 heterocycles. The van der Waals surface area contributed by atoms with Crippen molar-refractivity contribution in [2.75, 3.05) is 0 Å². The summed E-state index contributed by atoms with van der Waals surface area (Å²) < 4.78 is 9.96. The molecule has 136 valence electrons. The Hall–Kier alpha value is -3.02. The normalized spacial score (nSPS) is 26.7. The van der Waals surface area contributed by atoms with Crippen LogP contribution >= 0.6 is 0 Å². The molecule has 2 N–H and O–H groups in total. The minimum absolute atomic E-state index is 0.00583. The van der Waals surface area contributed by atoms with Gasteiger partial charge in [-0.25, -0.2) is 9.59 Å². The Balaban J connectivity index is 0.000000151. The van der Waals surface area contributed by atoms with E-state index in [-0.39, 0.29) is 36.5 Å². The lowest BCUT2D eigenvalue weighted by Crippen LogP contribution is -2.20. The highest BCUT2D eigenvalue weighted by Gasteiger charge is 2.31. The summed E-state index contributed by atoms with van der Waals surface area (Å²) in [4.78, 5) is 21.8. The van der Waals surface area contributed by atoms with E-state index < -0.39 is 0 Å². The molecule has 0 aromatic heterocycles. The van der Waals surface area contributed by atoms with Crippen molar-refractivity contribution in [2.45, 2.75) is 38.1 Å². The summed E-state index contributed by atoms with van der Waals surface area (Å²) in [6.45, 7) is 3.77. The Morgan fingerprint density at radius 2 is 1.00 bits per heavy atom. The van der Waals surface area contributed by atoms with Gasteiger partial charge < -0.3 is 20.1 Å². The quantitative estimate of drug-likeness (QED) is 0.862. The average molecular weight is 354 g/mol. The van der Waals surface area contributed by atoms with Crippen molar-refractivity contribution >= 4 is 12.2 Å². The number of hydrogen-bond donors (Lipinski definition) is 2. The second-order valence-electron chi connectivity index (χ2n) is 6.29. The minimum Gasteiger partial charge on any atom is -0.444 e. The molecule has 2 aromatic carbocycles. The second kappa shape index (κ2) is 7.91. The molecule has 2 aliphatic rings. The maximum atomic E-state index is 10.9. The van der Waals surface area contributed by atoms with Crippen LogP contribution in [0.3, 0.4) is 0 Å². The highest BCUT2D eigenvalue weighted by molar-refractivity contribution is 5.71. The summed E-state index contributed by atoms with van der Waals surface area (Å²) >= 11 is 0. The van der Waals surface area contributed by atoms with Gasteiger partial charge >= 0.3 is 12.2 Å². The first-order valence-electron chi connectivity index (χ1n) is 8.59. The van der Waals surface area contributed by atoms with Crippen molar-refractivity contribution in [1.29, 1.82) is 0 Å². The summed E-state index contributed by atoms with van der Waals surface area (Å²) in [7, 11) is 0. The van der Waals surface area contributed by atoms with Crippen molar-refractivity contribution in [3.8, 4) is 0 Å². The van der Waals surface area contributed by atoms with Crippen molar-refractivity contribution in [3.05, 3.63) is 71.8 Å². The van der Waals surface area contributed by atoms with E-state index in [0.717, 1.165) is 11.1 Å². The maximum Gasteiger partial charge on any atom is 0.408 e. The smallest absolute Gasteiger partial charge is 0.408 e. The zero-order chi connectivity index (χ0) is 18.5. The molecule has 0 aliphatic carbocycles. The fourth-order valence-electron chi connectivity index (χ4n) is 3.06. The zero-order valence-corrected chi connectivity index (χ0v) is 14.7. The molecule has 0 bridgehead atoms. The van der Waals surface area contributed by atoms with E-state index in [1.165, 1.54) is 0 Å². The second-order valence-corrected chi connectivity index (χ2v) is 6.29. The number of benzene rings is 2. The average Bonchev–Trinajstić information content (AvgIpc) is 3.17. The molecule has 2 saturated heterocycles. The van der Waals surface area contributed by atoms with Gasteiger partial charge in [0.15, 0.2) is 0 Å². The van der Waals surface area contributed by atoms with E-state index in [1.54, 1.807) is 0 Å². The van der Waals surface area contributed by atoms with E-state index in [1.807, 2.05) is 74.5 Å². The van der Waals surface area contributed by atoms with Gasteiger partial charge in [0.05, 0.1) is 12.1 Å². The summed E-state index contributed by atoms with van der Waals surface area (Å²) in [6.07, 6.45) is -0.840. The SMILES string of the molecule is C[C@@H]1OC(=O)N[C@H]1c1ccccc1.C[C@H]1OC(=O)N[C@@H]1c1ccccc1. The van der Waals surface area contributed by atoms with Crippen LogP contribution in [-0.4, -0.2) is 24.4 Å². The molecular formula is C20H22N2O4. The Labute approximate surface area is 152 Å². The molecule has 0 unspecified atom stereocenters. The van der Waals surface area contributed by atoms with Gasteiger partial charge in [0.1, 0.15) is 12.2 Å². The summed E-state index contributed by atoms with van der Waals surface area (Å²) in [5.74, 6) is 0. The monoisotopic (exact) mass is 354 g/mol. The number of nitrogens with one attached hydrogen (secondary N) is 2. The molecule has 4 atom stereocenters. The Kier molecular flexibility index (Phi) is 5.41. The lowest BCUT2D eigenvalue weighted by molar-refractivity contribution is 0.140. The first-order valence-corrected chi connectivity index (χ1v) is 8.59. The van der Waals surface area contributed by atoms with Crippen LogP contribution in [-0.2, 0) is 9.47 Å². The lowest BCUT2D eigenvalue weighted by Gasteiger charge is -2.12. The van der Waals surface area contributed by atoms with Gasteiger partial charge in [-0.15, -0.1) is 0 Å². The lowest BCUT2D eigenvalue weighted by atomic mass is 10.0. The maximum absolute atomic E-state index is 10.9. The van der Waals surface area contributed by atoms with Gasteiger partial charge in [-0.3, -0.25) is 0 Å². The molecule has 2 aromatic rings. The Morgan fingerprint density at radius 3 is 1.27 bits per heavy atom. The first kappa shape index (κ1) is 17.8. The Bertz CT molecular complexity index is 685. The Morgan fingerprint density at radius 1 is 0.654 bits per heavy atom. The van der Waals surface area contributed by atoms with Gasteiger partial charge in [0.25, 0.3) is 0 Å². The van der Waals surface area contributed by atoms with Gasteiger partial charge in [-0.05, 0) is 25.0 Å². The molecule has 2 aliphatic heterocycles. The van der Waals surface area contributed by atoms with Crippen molar-refractivity contribution in [2.24, 2.45) is 0 Å². The first-order chi connectivity index (χ1) is 12.5. The number of ether oxygens (including phenoxy) is 2. The molecular weight excluding hydrogens is 332 g/mol. The van der Waals surface area contributed by atoms with Crippen LogP contribution in [0.4, 0.5) is 9.59 Å². The van der Waals surface area contributed by atoms with Gasteiger partial charge in [0, 0.05) is 0 Å². The van der Waals surface area contributed by atoms with Gasteiger partial charge in [0.2, 0.25) is 0 Å². The third kappa shape index (κ3) is 4.14. The molecule has 4 rings (SSSR count). The number of cyclic esters (lactones) is 2. The summed E-state index contributed by atoms with van der Waals surface area (Å²) in [5, 5.41) is 5.52. The third-order valence-corrected chi connectivity index (χ3v) is 4.39. The van der Waals surface area contributed by atoms with Gasteiger partial charge in [-0.1, -0.05) is 60.7 Å². The highest BCUT2D eigenvalue weighted by Crippen LogP contribution is 2.24. The number of alkyl carbamates (subject to hydrolysis) is 2. The number of rotatable bonds is 2. The highest BCUT2D eigenvalue weighted by atomic mass is 16.6. The predicted octanol–water partition coefficient (Wildman–Crippen LogP) is 3.71. The van der Waals surface area contributed by atoms with Crippen LogP contribution < -0.4 is 10.6 Å². The molecule has 2 fully saturated rings. The molecule has 26 heavy (non-hydrogen) atoms. The fourth-order valence-corrected chi connectivity index (χ4v) is 3.06. The van der Waals surface area contributed by atoms with Crippen LogP contribution in [0, 0.1) is 0 Å². The third-order valence-electron chi connectivity index (χ3n) is 4.39. The molecule has 0 radical (unpaired) electrons. The number of carbonyl (C=O) groups excluding carboxylic acids is 2. The van der Waals surface area contributed by atoms with Crippen LogP contribution in [0.15, 0.2) is 60.7 Å². The van der Waals surface area contributed by atoms with Crippen LogP contribution in [0.1, 0.15) is 37.1 Å². The molecule has 2 amide bonds. The molecule has 0 spiro atoms. The number of hydrogen-bond acceptors (Lipinski definition) is 4. The predicted molar refractivity (Wildman–Crippen MR) is 96.5 cm³/mol. The van der Waals surface area contributed by atoms with Crippen molar-refractivity contribution in [3.63, 3.8) is 0 Å². The topological polar surface area (TPSA) is 76.7 Å². The molecule has 0 saturated carbocycles. The zero-order valence-electron chi connectivity index (χ0n) is 14.7. The summed E-state index contributed by atoms with van der Waals surface area (Å²) in [5.41, 5.74) is 2.17. The van der Waals surface area contributed by atoms with E-state index in [0.29, 0.717) is 0 Å². The number of amides is 2. The van der Waals surface area contributed by atoms with E-state index in [4.69, 9.17) is 9.47 Å². The minimum atomic E-state index is -0.332. The molecule has 6 nitrogen and oxygen atoms in total. The van der Waals surface area contributed by atoms with E-state index >= 15 is 0 Å². The van der Waals surface area contributed by atoms with Crippen LogP contribution in [0.2, 0.25) is 0 Å². The number of carbonyl (C=O) groups is 2. The van der Waals surface area contributed by atoms with Crippen LogP contribution in [0.5, 0.6) is 0 Å². The fraction of sp³-hybridized carbons (Fsp3) is 0.300. The molecule has 6 heteroatoms. The van der Waals surface area contributed by atoms with Crippen molar-refractivity contribution in [1.82, 2.24) is 10.6 Å². The standard InChI is InChI=1S/2C10H11NO2/c2*1-7-9(11-10(12)13-7)8-5-3-2-4-6-8/h2*2-7,9H,1H3,(H,11,12)/t2*7-,9+/m10/s1.